The molecule has 3 fully saturated rings. The predicted molar refractivity (Wildman–Crippen MR) is 109 cm³/mol. The minimum atomic E-state index is -1.61. The largest absolute Gasteiger partial charge is 0.458 e. The SMILES string of the molecule is CC(=O)OCC(=O)[C@@]1(O)CC[C@H]2[C@@H]3C[C@H](C)C4=CC(=O)C=C[C@]4(C)C3[C@@H](O)C[C@@]21C. The quantitative estimate of drug-likeness (QED) is 0.685. The van der Waals surface area contributed by atoms with Crippen LogP contribution in [0.25, 0.3) is 0 Å². The lowest BCUT2D eigenvalue weighted by atomic mass is 9.45. The van der Waals surface area contributed by atoms with Crippen molar-refractivity contribution in [2.75, 3.05) is 6.61 Å². The Balaban J connectivity index is 1.70. The Labute approximate surface area is 177 Å². The van der Waals surface area contributed by atoms with E-state index in [4.69, 9.17) is 4.74 Å². The summed E-state index contributed by atoms with van der Waals surface area (Å²) in [6, 6.07) is 0. The van der Waals surface area contributed by atoms with Gasteiger partial charge in [0.1, 0.15) is 5.60 Å². The molecule has 0 saturated heterocycles. The van der Waals surface area contributed by atoms with E-state index in [2.05, 4.69) is 13.8 Å². The fraction of sp³-hybridized carbons (Fsp3) is 0.708. The molecule has 8 atom stereocenters. The first-order valence-electron chi connectivity index (χ1n) is 11.0. The van der Waals surface area contributed by atoms with Gasteiger partial charge in [-0.25, -0.2) is 0 Å². The third kappa shape index (κ3) is 2.79. The molecule has 30 heavy (non-hydrogen) atoms. The van der Waals surface area contributed by atoms with Crippen molar-refractivity contribution >= 4 is 17.5 Å². The molecular weight excluding hydrogens is 384 g/mol. The maximum absolute atomic E-state index is 12.9. The van der Waals surface area contributed by atoms with Gasteiger partial charge in [0.25, 0.3) is 0 Å². The number of aliphatic hydroxyl groups excluding tert-OH is 1. The number of hydrogen-bond donors (Lipinski definition) is 2. The monoisotopic (exact) mass is 416 g/mol. The predicted octanol–water partition coefficient (Wildman–Crippen LogP) is 2.37. The first-order chi connectivity index (χ1) is 13.9. The lowest BCUT2D eigenvalue weighted by Gasteiger charge is -2.60. The molecule has 0 aromatic carbocycles. The maximum atomic E-state index is 12.9. The third-order valence-corrected chi connectivity index (χ3v) is 8.84. The summed E-state index contributed by atoms with van der Waals surface area (Å²) < 4.78 is 4.89. The van der Waals surface area contributed by atoms with E-state index in [-0.39, 0.29) is 29.5 Å². The van der Waals surface area contributed by atoms with Gasteiger partial charge in [0, 0.05) is 23.7 Å². The minimum Gasteiger partial charge on any atom is -0.458 e. The van der Waals surface area contributed by atoms with Crippen molar-refractivity contribution in [3.05, 3.63) is 23.8 Å². The molecule has 0 aromatic rings. The van der Waals surface area contributed by atoms with Crippen molar-refractivity contribution in [2.45, 2.75) is 65.1 Å². The molecule has 0 aliphatic heterocycles. The highest BCUT2D eigenvalue weighted by Gasteiger charge is 2.68. The smallest absolute Gasteiger partial charge is 0.303 e. The average Bonchev–Trinajstić information content (AvgIpc) is 2.93. The van der Waals surface area contributed by atoms with E-state index in [0.29, 0.717) is 19.3 Å². The van der Waals surface area contributed by atoms with Gasteiger partial charge in [0.2, 0.25) is 5.78 Å². The summed E-state index contributed by atoms with van der Waals surface area (Å²) in [7, 11) is 0. The second kappa shape index (κ2) is 6.86. The maximum Gasteiger partial charge on any atom is 0.303 e. The highest BCUT2D eigenvalue weighted by molar-refractivity contribution is 6.01. The molecule has 164 valence electrons. The topological polar surface area (TPSA) is 101 Å². The first-order valence-corrected chi connectivity index (χ1v) is 11.0. The Morgan fingerprint density at radius 3 is 2.67 bits per heavy atom. The number of esters is 1. The minimum absolute atomic E-state index is 0.00535. The van der Waals surface area contributed by atoms with E-state index in [0.717, 1.165) is 12.0 Å². The zero-order valence-electron chi connectivity index (χ0n) is 18.2. The van der Waals surface area contributed by atoms with Crippen LogP contribution in [0.3, 0.4) is 0 Å². The number of ketones is 2. The van der Waals surface area contributed by atoms with Gasteiger partial charge in [-0.3, -0.25) is 14.4 Å². The van der Waals surface area contributed by atoms with E-state index in [1.165, 1.54) is 6.92 Å². The lowest BCUT2D eigenvalue weighted by Crippen LogP contribution is -2.62. The molecule has 0 spiro atoms. The van der Waals surface area contributed by atoms with Crippen LogP contribution in [0.15, 0.2) is 23.8 Å². The molecule has 2 N–H and O–H groups in total. The van der Waals surface area contributed by atoms with Crippen molar-refractivity contribution in [1.29, 1.82) is 0 Å². The van der Waals surface area contributed by atoms with Crippen LogP contribution in [0.2, 0.25) is 0 Å². The normalized spacial score (nSPS) is 47.1. The number of allylic oxidation sites excluding steroid dienone is 4. The van der Waals surface area contributed by atoms with Crippen LogP contribution in [0.4, 0.5) is 0 Å². The second-order valence-electron chi connectivity index (χ2n) is 10.3. The highest BCUT2D eigenvalue weighted by atomic mass is 16.5. The summed E-state index contributed by atoms with van der Waals surface area (Å²) in [6.07, 6.45) is 6.71. The van der Waals surface area contributed by atoms with Gasteiger partial charge >= 0.3 is 5.97 Å². The van der Waals surface area contributed by atoms with Crippen molar-refractivity contribution in [1.82, 2.24) is 0 Å². The highest BCUT2D eigenvalue weighted by Crippen LogP contribution is 2.67. The number of carbonyl (C=O) groups is 3. The fourth-order valence-electron chi connectivity index (χ4n) is 7.50. The van der Waals surface area contributed by atoms with E-state index in [1.807, 2.05) is 13.0 Å². The number of fused-ring (bicyclic) bond motifs is 5. The average molecular weight is 417 g/mol. The van der Waals surface area contributed by atoms with Gasteiger partial charge < -0.3 is 14.9 Å². The molecule has 4 rings (SSSR count). The molecule has 0 radical (unpaired) electrons. The van der Waals surface area contributed by atoms with E-state index >= 15 is 0 Å². The van der Waals surface area contributed by atoms with Gasteiger partial charge in [-0.2, -0.15) is 0 Å². The molecule has 0 aromatic heterocycles. The first kappa shape index (κ1) is 21.4. The summed E-state index contributed by atoms with van der Waals surface area (Å²) in [5.74, 6) is -0.712. The van der Waals surface area contributed by atoms with Gasteiger partial charge in [-0.15, -0.1) is 0 Å². The molecule has 0 heterocycles. The Bertz CT molecular complexity index is 858. The number of Topliss-reactive ketones (excluding diaryl/α,β-unsaturated/α-hetero) is 1. The molecular formula is C24H32O6. The standard InChI is InChI=1S/C24H32O6/c1-13-9-16-17-6-8-24(29,20(28)12-30-14(2)25)23(17,4)11-19(27)21(16)22(3)7-5-15(26)10-18(13)22/h5,7,10,13,16-17,19,21,27,29H,6,8-9,11-12H2,1-4H3/t13-,16-,17-,19-,21?,22-,23-,24-/m0/s1. The molecule has 4 aliphatic carbocycles. The Kier molecular flexibility index (Phi) is 4.90. The number of aliphatic hydroxyl groups is 2. The Morgan fingerprint density at radius 2 is 2.00 bits per heavy atom. The summed E-state index contributed by atoms with van der Waals surface area (Å²) in [6.45, 7) is 6.94. The van der Waals surface area contributed by atoms with Crippen LogP contribution < -0.4 is 0 Å². The van der Waals surface area contributed by atoms with Crippen LogP contribution in [0, 0.1) is 34.5 Å². The van der Waals surface area contributed by atoms with Crippen molar-refractivity contribution in [3.8, 4) is 0 Å². The van der Waals surface area contributed by atoms with Crippen LogP contribution >= 0.6 is 0 Å². The summed E-state index contributed by atoms with van der Waals surface area (Å²) >= 11 is 0. The van der Waals surface area contributed by atoms with Crippen molar-refractivity contribution < 1.29 is 29.3 Å². The molecule has 0 amide bonds. The number of ether oxygens (including phenoxy) is 1. The number of carbonyl (C=O) groups excluding carboxylic acids is 3. The summed E-state index contributed by atoms with van der Waals surface area (Å²) in [5.41, 5.74) is -1.72. The molecule has 3 saturated carbocycles. The third-order valence-electron chi connectivity index (χ3n) is 8.84. The number of hydrogen-bond acceptors (Lipinski definition) is 6. The molecule has 4 aliphatic rings. The lowest BCUT2D eigenvalue weighted by molar-refractivity contribution is -0.182. The van der Waals surface area contributed by atoms with E-state index in [1.54, 1.807) is 12.2 Å². The van der Waals surface area contributed by atoms with Crippen molar-refractivity contribution in [3.63, 3.8) is 0 Å². The van der Waals surface area contributed by atoms with Gasteiger partial charge in [-0.1, -0.05) is 32.4 Å². The Hall–Kier alpha value is -1.79. The van der Waals surface area contributed by atoms with E-state index < -0.39 is 40.9 Å². The van der Waals surface area contributed by atoms with Gasteiger partial charge in [-0.05, 0) is 55.6 Å². The zero-order chi connectivity index (χ0) is 22.1. The van der Waals surface area contributed by atoms with Crippen LogP contribution in [-0.4, -0.2) is 46.1 Å². The van der Waals surface area contributed by atoms with Crippen LogP contribution in [0.5, 0.6) is 0 Å². The van der Waals surface area contributed by atoms with Crippen LogP contribution in [0.1, 0.15) is 53.4 Å². The second-order valence-corrected chi connectivity index (χ2v) is 10.3. The fourth-order valence-corrected chi connectivity index (χ4v) is 7.50. The summed E-state index contributed by atoms with van der Waals surface area (Å²) in [4.78, 5) is 36.1. The molecule has 6 nitrogen and oxygen atoms in total. The Morgan fingerprint density at radius 1 is 1.30 bits per heavy atom. The molecule has 0 bridgehead atoms. The molecule has 1 unspecified atom stereocenters. The zero-order valence-corrected chi connectivity index (χ0v) is 18.2. The van der Waals surface area contributed by atoms with Crippen molar-refractivity contribution in [2.24, 2.45) is 34.5 Å². The van der Waals surface area contributed by atoms with Crippen LogP contribution in [-0.2, 0) is 19.1 Å². The molecule has 6 heteroatoms. The summed E-state index contributed by atoms with van der Waals surface area (Å²) in [5, 5.41) is 22.9. The van der Waals surface area contributed by atoms with Gasteiger partial charge in [0.05, 0.1) is 6.10 Å². The van der Waals surface area contributed by atoms with E-state index in [9.17, 15) is 24.6 Å². The van der Waals surface area contributed by atoms with Gasteiger partial charge in [0.15, 0.2) is 12.4 Å². The number of rotatable bonds is 3.